The molecule has 2 heterocycles. The lowest BCUT2D eigenvalue weighted by atomic mass is 9.93. The van der Waals surface area contributed by atoms with Crippen LogP contribution >= 0.6 is 0 Å². The predicted octanol–water partition coefficient (Wildman–Crippen LogP) is 0.425. The quantitative estimate of drug-likeness (QED) is 0.828. The highest BCUT2D eigenvalue weighted by Gasteiger charge is 2.31. The van der Waals surface area contributed by atoms with Crippen LogP contribution in [-0.2, 0) is 22.6 Å². The van der Waals surface area contributed by atoms with Crippen molar-refractivity contribution in [2.75, 3.05) is 13.1 Å². The molecule has 2 aliphatic heterocycles. The number of fused-ring (bicyclic) bond motifs is 1. The molecular formula is C16H21N3O2. The molecule has 3 rings (SSSR count). The maximum absolute atomic E-state index is 12.6. The van der Waals surface area contributed by atoms with E-state index in [0.29, 0.717) is 25.9 Å². The van der Waals surface area contributed by atoms with Crippen LogP contribution in [0.3, 0.4) is 0 Å². The molecule has 1 aromatic rings. The van der Waals surface area contributed by atoms with Gasteiger partial charge in [-0.25, -0.2) is 0 Å². The molecule has 1 atom stereocenters. The molecule has 5 nitrogen and oxygen atoms in total. The van der Waals surface area contributed by atoms with Crippen LogP contribution in [0.5, 0.6) is 0 Å². The zero-order chi connectivity index (χ0) is 14.8. The van der Waals surface area contributed by atoms with E-state index in [1.165, 1.54) is 11.1 Å². The van der Waals surface area contributed by atoms with Gasteiger partial charge in [-0.15, -0.1) is 0 Å². The second-order valence-corrected chi connectivity index (χ2v) is 5.91. The Morgan fingerprint density at radius 2 is 1.81 bits per heavy atom. The number of piperidine rings is 1. The highest BCUT2D eigenvalue weighted by molar-refractivity contribution is 5.83. The van der Waals surface area contributed by atoms with Gasteiger partial charge in [-0.2, -0.15) is 0 Å². The Balaban J connectivity index is 1.61. The Morgan fingerprint density at radius 1 is 1.14 bits per heavy atom. The van der Waals surface area contributed by atoms with Gasteiger partial charge in [0.1, 0.15) is 0 Å². The molecule has 2 amide bonds. The van der Waals surface area contributed by atoms with Crippen molar-refractivity contribution in [2.45, 2.75) is 31.8 Å². The zero-order valence-corrected chi connectivity index (χ0v) is 12.0. The van der Waals surface area contributed by atoms with Gasteiger partial charge in [-0.1, -0.05) is 24.3 Å². The molecule has 1 fully saturated rings. The van der Waals surface area contributed by atoms with Crippen molar-refractivity contribution in [3.63, 3.8) is 0 Å². The van der Waals surface area contributed by atoms with Gasteiger partial charge in [0, 0.05) is 25.6 Å². The minimum atomic E-state index is -0.244. The molecule has 2 aliphatic rings. The topological polar surface area (TPSA) is 75.4 Å². The van der Waals surface area contributed by atoms with Crippen LogP contribution in [0.25, 0.3) is 0 Å². The van der Waals surface area contributed by atoms with Crippen LogP contribution in [0.4, 0.5) is 0 Å². The lowest BCUT2D eigenvalue weighted by Crippen LogP contribution is -2.52. The van der Waals surface area contributed by atoms with Crippen molar-refractivity contribution in [3.05, 3.63) is 35.4 Å². The maximum atomic E-state index is 12.6. The summed E-state index contributed by atoms with van der Waals surface area (Å²) in [6.07, 6.45) is 2.11. The number of carbonyl (C=O) groups excluding carboxylic acids is 2. The third kappa shape index (κ3) is 2.93. The van der Waals surface area contributed by atoms with Gasteiger partial charge < -0.3 is 16.0 Å². The summed E-state index contributed by atoms with van der Waals surface area (Å²) in [7, 11) is 0. The van der Waals surface area contributed by atoms with Gasteiger partial charge in [0.2, 0.25) is 11.8 Å². The van der Waals surface area contributed by atoms with Crippen molar-refractivity contribution in [1.29, 1.82) is 0 Å². The Hall–Kier alpha value is -1.88. The SMILES string of the molecule is NC(=O)C1CCN(C(=O)[C@H]2Cc3ccccc3CN2)CC1. The van der Waals surface area contributed by atoms with Gasteiger partial charge in [-0.05, 0) is 30.4 Å². The Bertz CT molecular complexity index is 550. The predicted molar refractivity (Wildman–Crippen MR) is 79.3 cm³/mol. The Morgan fingerprint density at radius 3 is 2.48 bits per heavy atom. The standard InChI is InChI=1S/C16H21N3O2/c17-15(20)11-5-7-19(8-6-11)16(21)14-9-12-3-1-2-4-13(12)10-18-14/h1-4,11,14,18H,5-10H2,(H2,17,20)/t14-/m1/s1. The van der Waals surface area contributed by atoms with Crippen LogP contribution < -0.4 is 11.1 Å². The fourth-order valence-corrected chi connectivity index (χ4v) is 3.23. The van der Waals surface area contributed by atoms with Crippen LogP contribution in [0.2, 0.25) is 0 Å². The summed E-state index contributed by atoms with van der Waals surface area (Å²) < 4.78 is 0. The molecule has 0 spiro atoms. The van der Waals surface area contributed by atoms with E-state index in [2.05, 4.69) is 17.4 Å². The molecule has 0 aliphatic carbocycles. The fourth-order valence-electron chi connectivity index (χ4n) is 3.23. The number of amides is 2. The molecule has 112 valence electrons. The summed E-state index contributed by atoms with van der Waals surface area (Å²) in [5.41, 5.74) is 7.85. The third-order valence-corrected chi connectivity index (χ3v) is 4.59. The van der Waals surface area contributed by atoms with E-state index >= 15 is 0 Å². The summed E-state index contributed by atoms with van der Waals surface area (Å²) in [6.45, 7) is 2.00. The number of carbonyl (C=O) groups is 2. The normalized spacial score (nSPS) is 22.7. The van der Waals surface area contributed by atoms with Crippen molar-refractivity contribution >= 4 is 11.8 Å². The van der Waals surface area contributed by atoms with E-state index < -0.39 is 0 Å². The number of primary amides is 1. The Kier molecular flexibility index (Phi) is 3.92. The highest BCUT2D eigenvalue weighted by atomic mass is 16.2. The molecule has 1 aromatic carbocycles. The number of likely N-dealkylation sites (tertiary alicyclic amines) is 1. The third-order valence-electron chi connectivity index (χ3n) is 4.59. The molecule has 5 heteroatoms. The lowest BCUT2D eigenvalue weighted by Gasteiger charge is -2.35. The van der Waals surface area contributed by atoms with Gasteiger partial charge in [-0.3, -0.25) is 9.59 Å². The highest BCUT2D eigenvalue weighted by Crippen LogP contribution is 2.21. The van der Waals surface area contributed by atoms with E-state index in [-0.39, 0.29) is 23.8 Å². The van der Waals surface area contributed by atoms with Crippen LogP contribution in [0.15, 0.2) is 24.3 Å². The number of rotatable bonds is 2. The first-order chi connectivity index (χ1) is 10.1. The number of hydrogen-bond acceptors (Lipinski definition) is 3. The van der Waals surface area contributed by atoms with E-state index in [1.54, 1.807) is 0 Å². The van der Waals surface area contributed by atoms with Gasteiger partial charge >= 0.3 is 0 Å². The van der Waals surface area contributed by atoms with Crippen molar-refractivity contribution in [2.24, 2.45) is 11.7 Å². The van der Waals surface area contributed by atoms with Gasteiger partial charge in [0.15, 0.2) is 0 Å². The monoisotopic (exact) mass is 287 g/mol. The molecule has 1 saturated heterocycles. The second-order valence-electron chi connectivity index (χ2n) is 5.91. The number of nitrogens with one attached hydrogen (secondary N) is 1. The summed E-state index contributed by atoms with van der Waals surface area (Å²) in [6, 6.07) is 8.09. The smallest absolute Gasteiger partial charge is 0.240 e. The van der Waals surface area contributed by atoms with Crippen LogP contribution in [0.1, 0.15) is 24.0 Å². The zero-order valence-electron chi connectivity index (χ0n) is 12.0. The summed E-state index contributed by atoms with van der Waals surface area (Å²) >= 11 is 0. The second kappa shape index (κ2) is 5.85. The fraction of sp³-hybridized carbons (Fsp3) is 0.500. The maximum Gasteiger partial charge on any atom is 0.240 e. The average Bonchev–Trinajstić information content (AvgIpc) is 2.54. The van der Waals surface area contributed by atoms with E-state index in [0.717, 1.165) is 13.0 Å². The van der Waals surface area contributed by atoms with Crippen LogP contribution in [-0.4, -0.2) is 35.8 Å². The first-order valence-corrected chi connectivity index (χ1v) is 7.53. The summed E-state index contributed by atoms with van der Waals surface area (Å²) in [5, 5.41) is 3.32. The minimum Gasteiger partial charge on any atom is -0.369 e. The van der Waals surface area contributed by atoms with Crippen molar-refractivity contribution in [1.82, 2.24) is 10.2 Å². The molecule has 0 bridgehead atoms. The summed E-state index contributed by atoms with van der Waals surface area (Å²) in [4.78, 5) is 25.6. The summed E-state index contributed by atoms with van der Waals surface area (Å²) in [5.74, 6) is -0.173. The van der Waals surface area contributed by atoms with Crippen LogP contribution in [0, 0.1) is 5.92 Å². The number of nitrogens with two attached hydrogens (primary N) is 1. The average molecular weight is 287 g/mol. The first kappa shape index (κ1) is 14.1. The van der Waals surface area contributed by atoms with E-state index in [9.17, 15) is 9.59 Å². The lowest BCUT2D eigenvalue weighted by molar-refractivity contribution is -0.137. The first-order valence-electron chi connectivity index (χ1n) is 7.53. The van der Waals surface area contributed by atoms with Gasteiger partial charge in [0.25, 0.3) is 0 Å². The van der Waals surface area contributed by atoms with E-state index in [4.69, 9.17) is 5.73 Å². The number of hydrogen-bond donors (Lipinski definition) is 2. The number of benzene rings is 1. The van der Waals surface area contributed by atoms with Crippen molar-refractivity contribution < 1.29 is 9.59 Å². The minimum absolute atomic E-state index is 0.0749. The molecule has 0 unspecified atom stereocenters. The largest absolute Gasteiger partial charge is 0.369 e. The molecular weight excluding hydrogens is 266 g/mol. The molecule has 21 heavy (non-hydrogen) atoms. The van der Waals surface area contributed by atoms with Crippen molar-refractivity contribution in [3.8, 4) is 0 Å². The molecule has 3 N–H and O–H groups in total. The molecule has 0 aromatic heterocycles. The Labute approximate surface area is 124 Å². The molecule has 0 radical (unpaired) electrons. The van der Waals surface area contributed by atoms with Gasteiger partial charge in [0.05, 0.1) is 6.04 Å². The number of nitrogens with zero attached hydrogens (tertiary/aromatic N) is 1. The van der Waals surface area contributed by atoms with E-state index in [1.807, 2.05) is 17.0 Å². The molecule has 0 saturated carbocycles.